The van der Waals surface area contributed by atoms with Crippen LogP contribution in [0.2, 0.25) is 6.55 Å². The number of carbonyl (C=O) groups excluding carboxylic acids is 1. The highest BCUT2D eigenvalue weighted by atomic mass is 28.4. The van der Waals surface area contributed by atoms with E-state index in [-0.39, 0.29) is 5.97 Å². The van der Waals surface area contributed by atoms with E-state index in [4.69, 9.17) is 8.85 Å². The highest BCUT2D eigenvalue weighted by molar-refractivity contribution is 6.81. The molecule has 82 valence electrons. The summed E-state index contributed by atoms with van der Waals surface area (Å²) in [4.78, 5) is 11.3. The second kappa shape index (κ2) is 5.09. The Morgan fingerprint density at radius 2 is 1.93 bits per heavy atom. The lowest BCUT2D eigenvalue weighted by Gasteiger charge is -2.24. The van der Waals surface area contributed by atoms with E-state index in [0.29, 0.717) is 6.42 Å². The molecule has 0 amide bonds. The Balaban J connectivity index is 2.90. The maximum absolute atomic E-state index is 11.3. The van der Waals surface area contributed by atoms with E-state index in [1.54, 1.807) is 14.0 Å². The van der Waals surface area contributed by atoms with Gasteiger partial charge in [-0.3, -0.25) is 4.79 Å². The van der Waals surface area contributed by atoms with Crippen LogP contribution >= 0.6 is 0 Å². The van der Waals surface area contributed by atoms with Gasteiger partial charge in [0.2, 0.25) is 0 Å². The molecule has 0 aliphatic carbocycles. The van der Waals surface area contributed by atoms with Gasteiger partial charge in [-0.15, -0.1) is 0 Å². The molecule has 0 bridgehead atoms. The molecule has 1 aromatic rings. The van der Waals surface area contributed by atoms with Crippen molar-refractivity contribution in [2.75, 3.05) is 7.11 Å². The summed E-state index contributed by atoms with van der Waals surface area (Å²) >= 11 is 0. The molecule has 1 aromatic carbocycles. The number of carbonyl (C=O) groups is 1. The van der Waals surface area contributed by atoms with E-state index < -0.39 is 8.56 Å². The first-order valence-electron chi connectivity index (χ1n) is 4.95. The summed E-state index contributed by atoms with van der Waals surface area (Å²) < 4.78 is 10.8. The van der Waals surface area contributed by atoms with Gasteiger partial charge in [0.25, 0.3) is 5.97 Å². The third kappa shape index (κ3) is 2.91. The fourth-order valence-corrected chi connectivity index (χ4v) is 3.06. The zero-order valence-electron chi connectivity index (χ0n) is 9.32. The SMILES string of the molecule is CCC(=O)O[Si](C)(OC)c1ccccc1. The van der Waals surface area contributed by atoms with Crippen molar-refractivity contribution in [2.24, 2.45) is 0 Å². The Kier molecular flexibility index (Phi) is 4.05. The van der Waals surface area contributed by atoms with Crippen LogP contribution in [0, 0.1) is 0 Å². The maximum atomic E-state index is 11.3. The Labute approximate surface area is 91.3 Å². The third-order valence-electron chi connectivity index (χ3n) is 2.28. The van der Waals surface area contributed by atoms with Crippen molar-refractivity contribution in [3.8, 4) is 0 Å². The smallest absolute Gasteiger partial charge is 0.432 e. The summed E-state index contributed by atoms with van der Waals surface area (Å²) in [6, 6.07) is 9.62. The standard InChI is InChI=1S/C11H16O3Si/c1-4-11(12)14-15(3,13-2)10-8-6-5-7-9-10/h5-9H,4H2,1-3H3. The van der Waals surface area contributed by atoms with Gasteiger partial charge in [-0.2, -0.15) is 0 Å². The van der Waals surface area contributed by atoms with Gasteiger partial charge in [0.05, 0.1) is 0 Å². The molecule has 1 rings (SSSR count). The number of hydrogen-bond acceptors (Lipinski definition) is 3. The topological polar surface area (TPSA) is 35.5 Å². The molecule has 0 aliphatic rings. The minimum absolute atomic E-state index is 0.213. The van der Waals surface area contributed by atoms with Gasteiger partial charge in [-0.25, -0.2) is 0 Å². The minimum Gasteiger partial charge on any atom is -0.490 e. The summed E-state index contributed by atoms with van der Waals surface area (Å²) in [6.07, 6.45) is 0.374. The van der Waals surface area contributed by atoms with E-state index in [1.165, 1.54) is 0 Å². The van der Waals surface area contributed by atoms with Gasteiger partial charge < -0.3 is 8.85 Å². The quantitative estimate of drug-likeness (QED) is 0.728. The van der Waals surface area contributed by atoms with Crippen LogP contribution < -0.4 is 5.19 Å². The second-order valence-corrected chi connectivity index (χ2v) is 6.42. The molecule has 1 atom stereocenters. The van der Waals surface area contributed by atoms with Crippen molar-refractivity contribution in [3.05, 3.63) is 30.3 Å². The van der Waals surface area contributed by atoms with Crippen molar-refractivity contribution < 1.29 is 13.6 Å². The molecule has 3 nitrogen and oxygen atoms in total. The van der Waals surface area contributed by atoms with Crippen LogP contribution in [0.5, 0.6) is 0 Å². The van der Waals surface area contributed by atoms with Gasteiger partial charge in [-0.05, 0) is 6.55 Å². The van der Waals surface area contributed by atoms with Crippen LogP contribution in [0.3, 0.4) is 0 Å². The Morgan fingerprint density at radius 3 is 2.40 bits per heavy atom. The fourth-order valence-electron chi connectivity index (χ4n) is 1.25. The van der Waals surface area contributed by atoms with Gasteiger partial charge in [0.15, 0.2) is 0 Å². The summed E-state index contributed by atoms with van der Waals surface area (Å²) in [7, 11) is -0.948. The van der Waals surface area contributed by atoms with Gasteiger partial charge >= 0.3 is 8.56 Å². The van der Waals surface area contributed by atoms with Gasteiger partial charge in [0, 0.05) is 18.7 Å². The summed E-state index contributed by atoms with van der Waals surface area (Å²) in [6.45, 7) is 3.65. The van der Waals surface area contributed by atoms with Crippen LogP contribution in [0.1, 0.15) is 13.3 Å². The Bertz CT molecular complexity index is 326. The van der Waals surface area contributed by atoms with Crippen molar-refractivity contribution in [1.82, 2.24) is 0 Å². The monoisotopic (exact) mass is 224 g/mol. The fraction of sp³-hybridized carbons (Fsp3) is 0.364. The largest absolute Gasteiger partial charge is 0.490 e. The van der Waals surface area contributed by atoms with Crippen LogP contribution in [-0.4, -0.2) is 21.6 Å². The summed E-state index contributed by atoms with van der Waals surface area (Å²) in [5, 5.41) is 0.967. The Hall–Kier alpha value is -1.13. The zero-order chi connectivity index (χ0) is 11.3. The molecule has 4 heteroatoms. The lowest BCUT2D eigenvalue weighted by atomic mass is 10.4. The zero-order valence-corrected chi connectivity index (χ0v) is 10.3. The predicted octanol–water partition coefficient (Wildman–Crippen LogP) is 1.57. The average Bonchev–Trinajstić information content (AvgIpc) is 2.30. The van der Waals surface area contributed by atoms with Crippen LogP contribution in [-0.2, 0) is 13.6 Å². The predicted molar refractivity (Wildman–Crippen MR) is 61.1 cm³/mol. The molecule has 0 saturated heterocycles. The molecular weight excluding hydrogens is 208 g/mol. The molecule has 0 aliphatic heterocycles. The first-order chi connectivity index (χ1) is 7.12. The highest BCUT2D eigenvalue weighted by Gasteiger charge is 2.36. The molecule has 0 aromatic heterocycles. The van der Waals surface area contributed by atoms with Crippen molar-refractivity contribution in [3.63, 3.8) is 0 Å². The van der Waals surface area contributed by atoms with Crippen LogP contribution in [0.15, 0.2) is 30.3 Å². The lowest BCUT2D eigenvalue weighted by molar-refractivity contribution is -0.135. The van der Waals surface area contributed by atoms with Crippen molar-refractivity contribution in [1.29, 1.82) is 0 Å². The van der Waals surface area contributed by atoms with E-state index in [9.17, 15) is 4.79 Å². The molecule has 0 saturated carbocycles. The normalized spacial score (nSPS) is 14.3. The molecule has 0 spiro atoms. The molecule has 1 unspecified atom stereocenters. The minimum atomic E-state index is -2.53. The average molecular weight is 224 g/mol. The van der Waals surface area contributed by atoms with Gasteiger partial charge in [-0.1, -0.05) is 37.3 Å². The van der Waals surface area contributed by atoms with Crippen molar-refractivity contribution >= 4 is 19.7 Å². The van der Waals surface area contributed by atoms with Crippen LogP contribution in [0.25, 0.3) is 0 Å². The molecule has 0 fully saturated rings. The van der Waals surface area contributed by atoms with E-state index in [2.05, 4.69) is 0 Å². The number of hydrogen-bond donors (Lipinski definition) is 0. The highest BCUT2D eigenvalue weighted by Crippen LogP contribution is 2.07. The molecule has 0 radical (unpaired) electrons. The third-order valence-corrected chi connectivity index (χ3v) is 5.06. The number of benzene rings is 1. The molecule has 0 heterocycles. The maximum Gasteiger partial charge on any atom is 0.432 e. The van der Waals surface area contributed by atoms with E-state index >= 15 is 0 Å². The van der Waals surface area contributed by atoms with E-state index in [1.807, 2.05) is 36.9 Å². The summed E-state index contributed by atoms with van der Waals surface area (Å²) in [5.41, 5.74) is 0. The first kappa shape index (κ1) is 11.9. The first-order valence-corrected chi connectivity index (χ1v) is 7.26. The van der Waals surface area contributed by atoms with E-state index in [0.717, 1.165) is 5.19 Å². The summed E-state index contributed by atoms with van der Waals surface area (Å²) in [5.74, 6) is -0.213. The van der Waals surface area contributed by atoms with Crippen molar-refractivity contribution in [2.45, 2.75) is 19.9 Å². The second-order valence-electron chi connectivity index (χ2n) is 3.34. The van der Waals surface area contributed by atoms with Gasteiger partial charge in [0.1, 0.15) is 0 Å². The molecule has 15 heavy (non-hydrogen) atoms. The Morgan fingerprint density at radius 1 is 1.33 bits per heavy atom. The number of rotatable bonds is 4. The molecular formula is C11H16O3Si. The van der Waals surface area contributed by atoms with Crippen LogP contribution in [0.4, 0.5) is 0 Å². The lowest BCUT2D eigenvalue weighted by Crippen LogP contribution is -2.51. The molecule has 0 N–H and O–H groups in total.